The molecule has 0 aliphatic heterocycles. The molecule has 0 aliphatic rings. The summed E-state index contributed by atoms with van der Waals surface area (Å²) in [6.45, 7) is 0. The van der Waals surface area contributed by atoms with Gasteiger partial charge in [0.2, 0.25) is 0 Å². The number of aromatic nitrogens is 1. The van der Waals surface area contributed by atoms with Crippen LogP contribution in [-0.4, -0.2) is 15.8 Å². The first-order valence-electron chi connectivity index (χ1n) is 5.55. The lowest BCUT2D eigenvalue weighted by Crippen LogP contribution is -2.15. The Morgan fingerprint density at radius 2 is 2.05 bits per heavy atom. The summed E-state index contributed by atoms with van der Waals surface area (Å²) in [5.41, 5.74) is 5.73. The number of hydrogen-bond donors (Lipinski definition) is 2. The van der Waals surface area contributed by atoms with Crippen LogP contribution in [0.1, 0.15) is 10.4 Å². The van der Waals surface area contributed by atoms with Gasteiger partial charge < -0.3 is 11.1 Å². The average molecular weight is 416 g/mol. The van der Waals surface area contributed by atoms with Crippen molar-refractivity contribution in [3.8, 4) is 0 Å². The van der Waals surface area contributed by atoms with Gasteiger partial charge in [0.05, 0.1) is 16.2 Å². The predicted octanol–water partition coefficient (Wildman–Crippen LogP) is 3.35. The van der Waals surface area contributed by atoms with Crippen LogP contribution in [0.5, 0.6) is 0 Å². The van der Waals surface area contributed by atoms with Gasteiger partial charge in [-0.25, -0.2) is 4.98 Å². The van der Waals surface area contributed by atoms with Crippen LogP contribution in [0.3, 0.4) is 0 Å². The first-order valence-corrected chi connectivity index (χ1v) is 7.13. The standard InChI is InChI=1S/C12H8Br2N4O3/c13-6-1-2-9(14)10(3-6)17-12(19)8-4-7(18(20)21)5-16-11(8)15/h1-5H,(H2,15,16)(H,17,19). The Hall–Kier alpha value is -2.00. The molecule has 2 aromatic rings. The lowest BCUT2D eigenvalue weighted by molar-refractivity contribution is -0.385. The molecular formula is C12H8Br2N4O3. The van der Waals surface area contributed by atoms with Crippen molar-refractivity contribution < 1.29 is 9.72 Å². The van der Waals surface area contributed by atoms with Crippen LogP contribution in [-0.2, 0) is 0 Å². The third-order valence-electron chi connectivity index (χ3n) is 2.54. The second-order valence-corrected chi connectivity index (χ2v) is 5.73. The van der Waals surface area contributed by atoms with Gasteiger partial charge in [0.1, 0.15) is 12.0 Å². The zero-order chi connectivity index (χ0) is 15.6. The van der Waals surface area contributed by atoms with Gasteiger partial charge >= 0.3 is 0 Å². The monoisotopic (exact) mass is 414 g/mol. The molecule has 1 aromatic heterocycles. The van der Waals surface area contributed by atoms with Crippen molar-refractivity contribution in [1.82, 2.24) is 4.98 Å². The van der Waals surface area contributed by atoms with Crippen molar-refractivity contribution in [3.63, 3.8) is 0 Å². The van der Waals surface area contributed by atoms with Crippen LogP contribution in [0.2, 0.25) is 0 Å². The number of nitrogen functional groups attached to an aromatic ring is 1. The second-order valence-electron chi connectivity index (χ2n) is 3.96. The van der Waals surface area contributed by atoms with E-state index in [1.807, 2.05) is 0 Å². The van der Waals surface area contributed by atoms with E-state index in [1.165, 1.54) is 0 Å². The predicted molar refractivity (Wildman–Crippen MR) is 85.1 cm³/mol. The van der Waals surface area contributed by atoms with E-state index >= 15 is 0 Å². The molecule has 1 heterocycles. The van der Waals surface area contributed by atoms with E-state index in [2.05, 4.69) is 42.2 Å². The zero-order valence-electron chi connectivity index (χ0n) is 10.3. The van der Waals surface area contributed by atoms with Crippen LogP contribution in [0, 0.1) is 10.1 Å². The largest absolute Gasteiger partial charge is 0.383 e. The van der Waals surface area contributed by atoms with Crippen LogP contribution < -0.4 is 11.1 Å². The second kappa shape index (κ2) is 6.19. The van der Waals surface area contributed by atoms with E-state index in [4.69, 9.17) is 5.73 Å². The number of hydrogen-bond acceptors (Lipinski definition) is 5. The molecule has 0 radical (unpaired) electrons. The molecule has 0 fully saturated rings. The average Bonchev–Trinajstić information content (AvgIpc) is 2.43. The summed E-state index contributed by atoms with van der Waals surface area (Å²) in [7, 11) is 0. The van der Waals surface area contributed by atoms with Crippen LogP contribution in [0.25, 0.3) is 0 Å². The number of anilines is 2. The van der Waals surface area contributed by atoms with E-state index in [0.717, 1.165) is 16.7 Å². The maximum Gasteiger partial charge on any atom is 0.288 e. The van der Waals surface area contributed by atoms with Gasteiger partial charge in [0.15, 0.2) is 0 Å². The van der Waals surface area contributed by atoms with Crippen molar-refractivity contribution in [2.45, 2.75) is 0 Å². The lowest BCUT2D eigenvalue weighted by Gasteiger charge is -2.09. The van der Waals surface area contributed by atoms with Gasteiger partial charge in [-0.1, -0.05) is 15.9 Å². The number of nitro groups is 1. The highest BCUT2D eigenvalue weighted by Gasteiger charge is 2.17. The number of carbonyl (C=O) groups is 1. The van der Waals surface area contributed by atoms with Gasteiger partial charge in [0, 0.05) is 15.0 Å². The van der Waals surface area contributed by atoms with E-state index < -0.39 is 10.8 Å². The highest BCUT2D eigenvalue weighted by atomic mass is 79.9. The number of nitrogens with one attached hydrogen (secondary N) is 1. The Labute approximate surface area is 136 Å². The number of carbonyl (C=O) groups excluding carboxylic acids is 1. The zero-order valence-corrected chi connectivity index (χ0v) is 13.5. The normalized spacial score (nSPS) is 10.2. The van der Waals surface area contributed by atoms with Crippen LogP contribution in [0.4, 0.5) is 17.2 Å². The summed E-state index contributed by atoms with van der Waals surface area (Å²) in [5.74, 6) is -0.660. The first-order chi connectivity index (χ1) is 9.88. The lowest BCUT2D eigenvalue weighted by atomic mass is 10.2. The van der Waals surface area contributed by atoms with Crippen LogP contribution >= 0.6 is 31.9 Å². The number of nitrogens with two attached hydrogens (primary N) is 1. The van der Waals surface area contributed by atoms with Crippen molar-refractivity contribution >= 4 is 55.0 Å². The number of benzene rings is 1. The highest BCUT2D eigenvalue weighted by Crippen LogP contribution is 2.27. The molecule has 0 saturated heterocycles. The highest BCUT2D eigenvalue weighted by molar-refractivity contribution is 9.11. The molecule has 7 nitrogen and oxygen atoms in total. The Balaban J connectivity index is 2.34. The molecule has 0 aliphatic carbocycles. The molecule has 2 rings (SSSR count). The Morgan fingerprint density at radius 1 is 1.33 bits per heavy atom. The third-order valence-corrected chi connectivity index (χ3v) is 3.72. The Morgan fingerprint density at radius 3 is 2.71 bits per heavy atom. The maximum absolute atomic E-state index is 12.2. The van der Waals surface area contributed by atoms with E-state index in [1.54, 1.807) is 18.2 Å². The molecule has 0 spiro atoms. The molecule has 0 unspecified atom stereocenters. The van der Waals surface area contributed by atoms with Crippen LogP contribution in [0.15, 0.2) is 39.4 Å². The molecule has 1 amide bonds. The number of nitrogens with zero attached hydrogens (tertiary/aromatic N) is 2. The smallest absolute Gasteiger partial charge is 0.288 e. The summed E-state index contributed by atoms with van der Waals surface area (Å²) < 4.78 is 1.43. The van der Waals surface area contributed by atoms with Gasteiger partial charge in [-0.05, 0) is 34.1 Å². The molecule has 0 atom stereocenters. The molecule has 21 heavy (non-hydrogen) atoms. The fourth-order valence-corrected chi connectivity index (χ4v) is 2.24. The van der Waals surface area contributed by atoms with Gasteiger partial charge in [-0.15, -0.1) is 0 Å². The summed E-state index contributed by atoms with van der Waals surface area (Å²) in [6.07, 6.45) is 1.00. The third kappa shape index (κ3) is 3.56. The summed E-state index contributed by atoms with van der Waals surface area (Å²) in [6, 6.07) is 6.31. The molecule has 0 saturated carbocycles. The molecule has 9 heteroatoms. The van der Waals surface area contributed by atoms with Crippen molar-refractivity contribution in [3.05, 3.63) is 55.1 Å². The quantitative estimate of drug-likeness (QED) is 0.589. The van der Waals surface area contributed by atoms with Gasteiger partial charge in [-0.2, -0.15) is 0 Å². The first kappa shape index (κ1) is 15.4. The minimum atomic E-state index is -0.641. The fraction of sp³-hybridized carbons (Fsp3) is 0. The van der Waals surface area contributed by atoms with E-state index in [9.17, 15) is 14.9 Å². The summed E-state index contributed by atoms with van der Waals surface area (Å²) >= 11 is 6.59. The minimum Gasteiger partial charge on any atom is -0.383 e. The van der Waals surface area contributed by atoms with Crippen molar-refractivity contribution in [2.24, 2.45) is 0 Å². The van der Waals surface area contributed by atoms with Crippen molar-refractivity contribution in [2.75, 3.05) is 11.1 Å². The number of rotatable bonds is 3. The van der Waals surface area contributed by atoms with Gasteiger partial charge in [0.25, 0.3) is 11.6 Å². The number of pyridine rings is 1. The minimum absolute atomic E-state index is 0.0592. The SMILES string of the molecule is Nc1ncc([N+](=O)[O-])cc1C(=O)Nc1cc(Br)ccc1Br. The molecule has 3 N–H and O–H groups in total. The Bertz CT molecular complexity index is 736. The van der Waals surface area contributed by atoms with E-state index in [0.29, 0.717) is 10.2 Å². The van der Waals surface area contributed by atoms with E-state index in [-0.39, 0.29) is 17.1 Å². The molecule has 0 bridgehead atoms. The topological polar surface area (TPSA) is 111 Å². The Kier molecular flexibility index (Phi) is 4.53. The van der Waals surface area contributed by atoms with Crippen molar-refractivity contribution in [1.29, 1.82) is 0 Å². The fourth-order valence-electron chi connectivity index (χ4n) is 1.53. The number of halogens is 2. The molecular weight excluding hydrogens is 408 g/mol. The summed E-state index contributed by atoms with van der Waals surface area (Å²) in [5, 5.41) is 13.3. The summed E-state index contributed by atoms with van der Waals surface area (Å²) in [4.78, 5) is 25.9. The van der Waals surface area contributed by atoms with Gasteiger partial charge in [-0.3, -0.25) is 14.9 Å². The maximum atomic E-state index is 12.2. The molecule has 1 aromatic carbocycles. The molecule has 108 valence electrons. The number of amides is 1.